The Balaban J connectivity index is 1.77. The van der Waals surface area contributed by atoms with Crippen LogP contribution in [0.3, 0.4) is 0 Å². The number of rotatable bonds is 6. The zero-order valence-electron chi connectivity index (χ0n) is 17.8. The van der Waals surface area contributed by atoms with E-state index in [2.05, 4.69) is 33.2 Å². The first-order valence-corrected chi connectivity index (χ1v) is 11.4. The Morgan fingerprint density at radius 2 is 2.03 bits per heavy atom. The highest BCUT2D eigenvalue weighted by atomic mass is 127. The molecule has 33 heavy (non-hydrogen) atoms. The highest BCUT2D eigenvalue weighted by Gasteiger charge is 2.30. The zero-order valence-corrected chi connectivity index (χ0v) is 20.0. The standard InChI is InChI=1S/C22H21FIN5O4/c1-13-20-21(22(27(2)31-13)26-19-9-6-14(24)10-18(19)23)32-29(16-7-8-16)33-28(20)17-5-3-4-15(11-17)25-12-30/h3-6,9-12,16,26H,7-8H2,1-2H3,(H,25,30). The van der Waals surface area contributed by atoms with Gasteiger partial charge in [0.1, 0.15) is 11.9 Å². The molecular weight excluding hydrogens is 544 g/mol. The quantitative estimate of drug-likeness (QED) is 0.352. The van der Waals surface area contributed by atoms with Crippen LogP contribution in [0.1, 0.15) is 25.8 Å². The lowest BCUT2D eigenvalue weighted by Crippen LogP contribution is -2.48. The summed E-state index contributed by atoms with van der Waals surface area (Å²) < 4.78 is 29.2. The number of amides is 1. The first-order valence-electron chi connectivity index (χ1n) is 10.3. The third kappa shape index (κ3) is 4.19. The summed E-state index contributed by atoms with van der Waals surface area (Å²) in [5.41, 5.74) is 1.96. The molecule has 1 aliphatic heterocycles. The maximum atomic E-state index is 14.6. The number of hydrogen-bond donors (Lipinski definition) is 2. The molecule has 2 heterocycles. The average molecular weight is 565 g/mol. The minimum absolute atomic E-state index is 0.0857. The summed E-state index contributed by atoms with van der Waals surface area (Å²) in [6.45, 7) is 1.79. The monoisotopic (exact) mass is 565 g/mol. The minimum Gasteiger partial charge on any atom is -0.381 e. The van der Waals surface area contributed by atoms with Crippen molar-refractivity contribution in [2.24, 2.45) is 0 Å². The van der Waals surface area contributed by atoms with Crippen LogP contribution in [-0.4, -0.2) is 28.2 Å². The summed E-state index contributed by atoms with van der Waals surface area (Å²) >= 11 is 2.06. The van der Waals surface area contributed by atoms with E-state index < -0.39 is 5.82 Å². The number of hydrogen-bond acceptors (Lipinski definition) is 6. The fourth-order valence-electron chi connectivity index (χ4n) is 3.51. The Hall–Kier alpha value is -3.35. The van der Waals surface area contributed by atoms with Gasteiger partial charge >= 0.3 is 0 Å². The van der Waals surface area contributed by atoms with Crippen LogP contribution in [0.25, 0.3) is 17.3 Å². The molecule has 1 aromatic heterocycles. The van der Waals surface area contributed by atoms with E-state index in [9.17, 15) is 9.18 Å². The van der Waals surface area contributed by atoms with Crippen LogP contribution in [0.4, 0.5) is 15.8 Å². The molecule has 0 atom stereocenters. The van der Waals surface area contributed by atoms with Crippen molar-refractivity contribution in [3.8, 4) is 5.69 Å². The van der Waals surface area contributed by atoms with Crippen LogP contribution < -0.4 is 21.4 Å². The number of aromatic nitrogens is 2. The lowest BCUT2D eigenvalue weighted by Gasteiger charge is -2.27. The molecule has 1 saturated carbocycles. The lowest BCUT2D eigenvalue weighted by atomic mass is 10.2. The maximum Gasteiger partial charge on any atom is 0.233 e. The molecule has 0 unspecified atom stereocenters. The normalized spacial score (nSPS) is 15.1. The Bertz CT molecular complexity index is 1400. The number of nitrogens with zero attached hydrogens (tertiary/aromatic N) is 3. The van der Waals surface area contributed by atoms with Crippen molar-refractivity contribution < 1.29 is 23.2 Å². The summed E-state index contributed by atoms with van der Waals surface area (Å²) in [5.74, 6) is 0.536. The lowest BCUT2D eigenvalue weighted by molar-refractivity contribution is -0.105. The van der Waals surface area contributed by atoms with Gasteiger partial charge in [-0.2, -0.15) is 5.06 Å². The van der Waals surface area contributed by atoms with Gasteiger partial charge in [0.25, 0.3) is 0 Å². The summed E-state index contributed by atoms with van der Waals surface area (Å²) in [7, 11) is 1.71. The van der Waals surface area contributed by atoms with Gasteiger partial charge < -0.3 is 20.0 Å². The van der Waals surface area contributed by atoms with Gasteiger partial charge in [-0.3, -0.25) is 9.42 Å². The van der Waals surface area contributed by atoms with Gasteiger partial charge in [-0.25, -0.2) is 4.39 Å². The van der Waals surface area contributed by atoms with Crippen LogP contribution in [-0.2, 0) is 9.63 Å². The average Bonchev–Trinajstić information content (AvgIpc) is 3.63. The first kappa shape index (κ1) is 21.5. The molecule has 1 amide bonds. The van der Waals surface area contributed by atoms with Crippen LogP contribution in [0.2, 0.25) is 0 Å². The SMILES string of the molecule is CC1=c2c(on(C3CC3)on2-c2cccc(NC=O)c2)=C(Nc2ccc(I)cc2F)N(C)O1. The smallest absolute Gasteiger partial charge is 0.233 e. The van der Waals surface area contributed by atoms with E-state index in [1.54, 1.807) is 43.0 Å². The summed E-state index contributed by atoms with van der Waals surface area (Å²) in [4.78, 5) is 18.3. The predicted molar refractivity (Wildman–Crippen MR) is 127 cm³/mol. The fourth-order valence-corrected chi connectivity index (χ4v) is 3.96. The Morgan fingerprint density at radius 1 is 1.21 bits per heavy atom. The second kappa shape index (κ2) is 8.54. The maximum absolute atomic E-state index is 14.6. The third-order valence-corrected chi connectivity index (χ3v) is 5.91. The van der Waals surface area contributed by atoms with E-state index in [1.165, 1.54) is 16.0 Å². The molecule has 0 spiro atoms. The van der Waals surface area contributed by atoms with Crippen molar-refractivity contribution in [3.05, 3.63) is 62.6 Å². The molecule has 0 saturated heterocycles. The van der Waals surface area contributed by atoms with Gasteiger partial charge in [0, 0.05) is 16.3 Å². The number of carbonyl (C=O) groups excluding carboxylic acids is 1. The number of carbonyl (C=O) groups is 1. The van der Waals surface area contributed by atoms with Crippen LogP contribution in [0.15, 0.2) is 51.6 Å². The zero-order chi connectivity index (χ0) is 23.1. The third-order valence-electron chi connectivity index (χ3n) is 5.23. The van der Waals surface area contributed by atoms with Crippen molar-refractivity contribution in [3.63, 3.8) is 0 Å². The number of fused-ring (bicyclic) bond motifs is 1. The molecule has 3 aromatic rings. The van der Waals surface area contributed by atoms with Crippen molar-refractivity contribution in [1.82, 2.24) is 14.7 Å². The van der Waals surface area contributed by atoms with Gasteiger partial charge in [0.15, 0.2) is 16.9 Å². The largest absolute Gasteiger partial charge is 0.381 e. The number of nitrogens with one attached hydrogen (secondary N) is 2. The molecule has 9 nitrogen and oxygen atoms in total. The highest BCUT2D eigenvalue weighted by Crippen LogP contribution is 2.34. The molecule has 0 radical (unpaired) electrons. The van der Waals surface area contributed by atoms with Gasteiger partial charge in [-0.15, -0.1) is 4.74 Å². The first-order chi connectivity index (χ1) is 15.9. The van der Waals surface area contributed by atoms with E-state index in [4.69, 9.17) is 14.0 Å². The van der Waals surface area contributed by atoms with Crippen LogP contribution in [0, 0.1) is 9.39 Å². The Kier molecular flexibility index (Phi) is 5.56. The highest BCUT2D eigenvalue weighted by molar-refractivity contribution is 14.1. The van der Waals surface area contributed by atoms with Gasteiger partial charge in [0.2, 0.25) is 11.8 Å². The van der Waals surface area contributed by atoms with Crippen molar-refractivity contribution in [2.75, 3.05) is 17.7 Å². The van der Waals surface area contributed by atoms with E-state index in [1.807, 2.05) is 12.1 Å². The molecule has 1 fully saturated rings. The molecule has 5 rings (SSSR count). The second-order valence-corrected chi connectivity index (χ2v) is 8.96. The molecule has 11 heteroatoms. The van der Waals surface area contributed by atoms with Gasteiger partial charge in [-0.1, -0.05) is 6.07 Å². The molecule has 1 aliphatic carbocycles. The fraction of sp³-hybridized carbons (Fsp3) is 0.227. The molecule has 172 valence electrons. The van der Waals surface area contributed by atoms with Gasteiger partial charge in [-0.05, 0) is 83.7 Å². The predicted octanol–water partition coefficient (Wildman–Crippen LogP) is 3.42. The number of hydroxylamine groups is 2. The molecule has 2 aromatic carbocycles. The number of benzene rings is 2. The molecule has 2 N–H and O–H groups in total. The van der Waals surface area contributed by atoms with E-state index in [0.717, 1.165) is 16.4 Å². The summed E-state index contributed by atoms with van der Waals surface area (Å²) in [5, 5.41) is 7.76. The van der Waals surface area contributed by atoms with Crippen molar-refractivity contribution >= 4 is 52.0 Å². The van der Waals surface area contributed by atoms with E-state index in [-0.39, 0.29) is 11.7 Å². The van der Waals surface area contributed by atoms with Crippen LogP contribution in [0.5, 0.6) is 0 Å². The van der Waals surface area contributed by atoms with Crippen LogP contribution >= 0.6 is 22.6 Å². The van der Waals surface area contributed by atoms with Crippen molar-refractivity contribution in [2.45, 2.75) is 25.8 Å². The Labute approximate surface area is 201 Å². The Morgan fingerprint density at radius 3 is 2.76 bits per heavy atom. The number of anilines is 2. The van der Waals surface area contributed by atoms with Gasteiger partial charge in [0.05, 0.1) is 11.4 Å². The second-order valence-electron chi connectivity index (χ2n) is 7.72. The molecular formula is C22H21FIN5O4. The summed E-state index contributed by atoms with van der Waals surface area (Å²) in [6.07, 6.45) is 2.46. The molecule has 0 bridgehead atoms. The summed E-state index contributed by atoms with van der Waals surface area (Å²) in [6, 6.07) is 12.2. The number of halogens is 2. The van der Waals surface area contributed by atoms with E-state index in [0.29, 0.717) is 40.1 Å². The minimum atomic E-state index is -0.396. The molecule has 2 aliphatic rings. The van der Waals surface area contributed by atoms with E-state index >= 15 is 0 Å². The topological polar surface area (TPSA) is 89.7 Å². The van der Waals surface area contributed by atoms with Crippen molar-refractivity contribution in [1.29, 1.82) is 0 Å².